The van der Waals surface area contributed by atoms with Gasteiger partial charge in [-0.15, -0.1) is 16.7 Å². The molecule has 1 atom stereocenters. The monoisotopic (exact) mass is 246 g/mol. The molecule has 1 aliphatic rings. The van der Waals surface area contributed by atoms with Gasteiger partial charge in [0.25, 0.3) is 5.95 Å². The fourth-order valence-electron chi connectivity index (χ4n) is 1.51. The molecule has 0 saturated carbocycles. The quantitative estimate of drug-likeness (QED) is 0.574. The van der Waals surface area contributed by atoms with Gasteiger partial charge in [0.05, 0.1) is 5.38 Å². The number of amides is 1. The molecule has 0 bridgehead atoms. The van der Waals surface area contributed by atoms with E-state index in [0.29, 0.717) is 18.9 Å². The van der Waals surface area contributed by atoms with Gasteiger partial charge in [-0.2, -0.15) is 4.98 Å². The first-order chi connectivity index (χ1) is 7.11. The Bertz CT molecular complexity index is 394. The summed E-state index contributed by atoms with van der Waals surface area (Å²) in [6.45, 7) is 0.498. The molecule has 15 heavy (non-hydrogen) atoms. The molecule has 2 rings (SSSR count). The second-order valence-corrected chi connectivity index (χ2v) is 4.72. The van der Waals surface area contributed by atoms with E-state index in [0.717, 1.165) is 5.16 Å². The lowest BCUT2D eigenvalue weighted by Gasteiger charge is -2.09. The molecule has 0 aromatic carbocycles. The summed E-state index contributed by atoms with van der Waals surface area (Å²) in [6.07, 6.45) is 2.29. The molecular weight excluding hydrogens is 236 g/mol. The molecule has 0 spiro atoms. The van der Waals surface area contributed by atoms with Crippen molar-refractivity contribution in [1.29, 1.82) is 0 Å². The Morgan fingerprint density at radius 2 is 2.33 bits per heavy atom. The molecule has 1 unspecified atom stereocenters. The average Bonchev–Trinajstić information content (AvgIpc) is 2.69. The van der Waals surface area contributed by atoms with Crippen LogP contribution in [0, 0.1) is 0 Å². The number of aryl methyl sites for hydroxylation is 1. The smallest absolute Gasteiger partial charge is 0.252 e. The molecule has 0 aliphatic carbocycles. The Morgan fingerprint density at radius 3 is 2.80 bits per heavy atom. The van der Waals surface area contributed by atoms with Crippen LogP contribution in [0.1, 0.15) is 6.42 Å². The van der Waals surface area contributed by atoms with E-state index in [2.05, 4.69) is 10.1 Å². The summed E-state index contributed by atoms with van der Waals surface area (Å²) in [5.74, 6) is 0.447. The van der Waals surface area contributed by atoms with Crippen LogP contribution < -0.4 is 4.90 Å². The van der Waals surface area contributed by atoms with E-state index in [1.54, 1.807) is 11.7 Å². The molecule has 82 valence electrons. The zero-order chi connectivity index (χ0) is 11.0. The molecule has 1 saturated heterocycles. The second-order valence-electron chi connectivity index (χ2n) is 3.33. The molecule has 1 aliphatic heterocycles. The molecular formula is C8H11ClN4OS. The van der Waals surface area contributed by atoms with Crippen molar-refractivity contribution in [3.63, 3.8) is 0 Å². The van der Waals surface area contributed by atoms with Crippen LogP contribution in [0.5, 0.6) is 0 Å². The van der Waals surface area contributed by atoms with Gasteiger partial charge in [0.15, 0.2) is 5.16 Å². The lowest BCUT2D eigenvalue weighted by atomic mass is 10.4. The van der Waals surface area contributed by atoms with E-state index >= 15 is 0 Å². The fourth-order valence-corrected chi connectivity index (χ4v) is 2.25. The third-order valence-electron chi connectivity index (χ3n) is 2.21. The van der Waals surface area contributed by atoms with Gasteiger partial charge in [0.2, 0.25) is 5.91 Å². The lowest BCUT2D eigenvalue weighted by molar-refractivity contribution is -0.117. The van der Waals surface area contributed by atoms with Crippen LogP contribution in [0.25, 0.3) is 0 Å². The topological polar surface area (TPSA) is 51.0 Å². The van der Waals surface area contributed by atoms with Crippen LogP contribution in [0.4, 0.5) is 5.95 Å². The van der Waals surface area contributed by atoms with Crippen molar-refractivity contribution in [3.8, 4) is 0 Å². The molecule has 1 aromatic rings. The number of carbonyl (C=O) groups excluding carboxylic acids is 1. The fraction of sp³-hybridized carbons (Fsp3) is 0.625. The van der Waals surface area contributed by atoms with Gasteiger partial charge in [-0.1, -0.05) is 11.8 Å². The van der Waals surface area contributed by atoms with Crippen LogP contribution in [0.3, 0.4) is 0 Å². The number of aromatic nitrogens is 3. The summed E-state index contributed by atoms with van der Waals surface area (Å²) >= 11 is 7.40. The highest BCUT2D eigenvalue weighted by atomic mass is 35.5. The predicted octanol–water partition coefficient (Wildman–Crippen LogP) is 0.881. The van der Waals surface area contributed by atoms with Gasteiger partial charge in [-0.25, -0.2) is 4.68 Å². The molecule has 7 heteroatoms. The van der Waals surface area contributed by atoms with Gasteiger partial charge in [0, 0.05) is 20.0 Å². The zero-order valence-corrected chi connectivity index (χ0v) is 10.0. The number of hydrogen-bond acceptors (Lipinski definition) is 4. The summed E-state index contributed by atoms with van der Waals surface area (Å²) in [5, 5.41) is 4.84. The molecule has 1 fully saturated rings. The molecule has 2 heterocycles. The van der Waals surface area contributed by atoms with Crippen molar-refractivity contribution < 1.29 is 4.79 Å². The number of alkyl halides is 1. The number of carbonyl (C=O) groups is 1. The maximum atomic E-state index is 11.5. The first kappa shape index (κ1) is 10.8. The highest BCUT2D eigenvalue weighted by Gasteiger charge is 2.31. The number of halogens is 1. The van der Waals surface area contributed by atoms with Crippen molar-refractivity contribution >= 4 is 35.2 Å². The molecule has 1 aromatic heterocycles. The summed E-state index contributed by atoms with van der Waals surface area (Å²) in [7, 11) is 1.81. The van der Waals surface area contributed by atoms with Gasteiger partial charge < -0.3 is 0 Å². The highest BCUT2D eigenvalue weighted by Crippen LogP contribution is 2.23. The number of nitrogens with zero attached hydrogens (tertiary/aromatic N) is 4. The molecule has 0 N–H and O–H groups in total. The van der Waals surface area contributed by atoms with Gasteiger partial charge in [-0.3, -0.25) is 9.69 Å². The van der Waals surface area contributed by atoms with Crippen molar-refractivity contribution in [2.45, 2.75) is 17.0 Å². The Morgan fingerprint density at radius 1 is 1.60 bits per heavy atom. The minimum atomic E-state index is -0.126. The predicted molar refractivity (Wildman–Crippen MR) is 59.4 cm³/mol. The second kappa shape index (κ2) is 4.02. The summed E-state index contributed by atoms with van der Waals surface area (Å²) in [4.78, 5) is 17.3. The van der Waals surface area contributed by atoms with Gasteiger partial charge in [0.1, 0.15) is 0 Å². The number of anilines is 1. The van der Waals surface area contributed by atoms with Crippen LogP contribution >= 0.6 is 23.4 Å². The van der Waals surface area contributed by atoms with E-state index in [1.165, 1.54) is 16.7 Å². The molecule has 0 radical (unpaired) electrons. The maximum absolute atomic E-state index is 11.5. The Balaban J connectivity index is 2.26. The first-order valence-corrected chi connectivity index (χ1v) is 6.17. The first-order valence-electron chi connectivity index (χ1n) is 4.51. The van der Waals surface area contributed by atoms with Crippen molar-refractivity contribution in [2.75, 3.05) is 17.7 Å². The Hall–Kier alpha value is -0.750. The third kappa shape index (κ3) is 1.96. The number of hydrogen-bond donors (Lipinski definition) is 0. The zero-order valence-electron chi connectivity index (χ0n) is 8.47. The van der Waals surface area contributed by atoms with Crippen LogP contribution in [0.2, 0.25) is 0 Å². The molecule has 1 amide bonds. The number of rotatable bonds is 2. The minimum Gasteiger partial charge on any atom is -0.278 e. The van der Waals surface area contributed by atoms with Crippen molar-refractivity contribution in [3.05, 3.63) is 0 Å². The Kier molecular flexibility index (Phi) is 2.88. The largest absolute Gasteiger partial charge is 0.278 e. The average molecular weight is 247 g/mol. The van der Waals surface area contributed by atoms with Gasteiger partial charge in [-0.05, 0) is 6.26 Å². The maximum Gasteiger partial charge on any atom is 0.252 e. The third-order valence-corrected chi connectivity index (χ3v) is 3.23. The summed E-state index contributed by atoms with van der Waals surface area (Å²) in [5.41, 5.74) is 0. The van der Waals surface area contributed by atoms with E-state index in [-0.39, 0.29) is 11.3 Å². The van der Waals surface area contributed by atoms with Crippen LogP contribution in [-0.2, 0) is 11.8 Å². The minimum absolute atomic E-state index is 0.00625. The van der Waals surface area contributed by atoms with E-state index in [9.17, 15) is 4.79 Å². The summed E-state index contributed by atoms with van der Waals surface area (Å²) in [6, 6.07) is 0. The van der Waals surface area contributed by atoms with E-state index < -0.39 is 0 Å². The Labute approximate surface area is 96.8 Å². The van der Waals surface area contributed by atoms with E-state index in [1.807, 2.05) is 6.26 Å². The van der Waals surface area contributed by atoms with Gasteiger partial charge >= 0.3 is 0 Å². The van der Waals surface area contributed by atoms with Crippen LogP contribution in [0.15, 0.2) is 5.16 Å². The van der Waals surface area contributed by atoms with Crippen molar-refractivity contribution in [1.82, 2.24) is 14.8 Å². The van der Waals surface area contributed by atoms with E-state index in [4.69, 9.17) is 11.6 Å². The standard InChI is InChI=1S/C8H11ClN4OS/c1-12-8(15-2)10-7(11-12)13-4-5(9)3-6(13)14/h5H,3-4H2,1-2H3. The SMILES string of the molecule is CSc1nc(N2CC(Cl)CC2=O)nn1C. The summed E-state index contributed by atoms with van der Waals surface area (Å²) < 4.78 is 1.66. The highest BCUT2D eigenvalue weighted by molar-refractivity contribution is 7.98. The normalized spacial score (nSPS) is 21.4. The number of thioether (sulfide) groups is 1. The van der Waals surface area contributed by atoms with Crippen LogP contribution in [-0.4, -0.2) is 38.8 Å². The van der Waals surface area contributed by atoms with Crippen molar-refractivity contribution in [2.24, 2.45) is 7.05 Å². The lowest BCUT2D eigenvalue weighted by Crippen LogP contribution is -2.25. The molecule has 5 nitrogen and oxygen atoms in total.